The van der Waals surface area contributed by atoms with E-state index in [0.29, 0.717) is 11.3 Å². The van der Waals surface area contributed by atoms with Crippen molar-refractivity contribution < 1.29 is 24.1 Å². The number of methoxy groups -OCH3 is 2. The van der Waals surface area contributed by atoms with Crippen molar-refractivity contribution in [2.45, 2.75) is 13.8 Å². The molecule has 1 amide bonds. The van der Waals surface area contributed by atoms with E-state index < -0.39 is 5.91 Å². The number of nitrogens with zero attached hydrogens (tertiary/aromatic N) is 1. The van der Waals surface area contributed by atoms with Crippen LogP contribution in [-0.2, 0) is 4.79 Å². The van der Waals surface area contributed by atoms with Crippen LogP contribution in [-0.4, -0.2) is 38.1 Å². The highest BCUT2D eigenvalue weighted by Gasteiger charge is 2.11. The molecule has 0 saturated carbocycles. The predicted molar refractivity (Wildman–Crippen MR) is 106 cm³/mol. The second kappa shape index (κ2) is 9.27. The van der Waals surface area contributed by atoms with E-state index in [1.54, 1.807) is 12.1 Å². The number of phenolic OH excluding ortho intramolecular Hbond substituents is 1. The van der Waals surface area contributed by atoms with Crippen LogP contribution in [0.3, 0.4) is 0 Å². The first-order valence-corrected chi connectivity index (χ1v) is 8.81. The van der Waals surface area contributed by atoms with Crippen molar-refractivity contribution in [2.75, 3.05) is 20.8 Å². The Morgan fingerprint density at radius 2 is 1.81 bits per heavy atom. The first-order chi connectivity index (χ1) is 12.8. The largest absolute Gasteiger partial charge is 0.502 e. The van der Waals surface area contributed by atoms with Crippen LogP contribution in [0.1, 0.15) is 16.7 Å². The normalized spacial score (nSPS) is 10.7. The van der Waals surface area contributed by atoms with Gasteiger partial charge < -0.3 is 19.3 Å². The lowest BCUT2D eigenvalue weighted by molar-refractivity contribution is -0.123. The van der Waals surface area contributed by atoms with E-state index in [1.807, 2.05) is 26.0 Å². The number of amides is 1. The highest BCUT2D eigenvalue weighted by Crippen LogP contribution is 2.36. The van der Waals surface area contributed by atoms with Crippen LogP contribution in [0.15, 0.2) is 33.8 Å². The molecule has 2 aromatic rings. The van der Waals surface area contributed by atoms with Crippen LogP contribution < -0.4 is 19.6 Å². The molecule has 0 spiro atoms. The van der Waals surface area contributed by atoms with Gasteiger partial charge in [-0.2, -0.15) is 5.10 Å². The minimum Gasteiger partial charge on any atom is -0.502 e. The molecular weight excluding hydrogens is 416 g/mol. The summed E-state index contributed by atoms with van der Waals surface area (Å²) in [5.74, 6) is 0.590. The van der Waals surface area contributed by atoms with E-state index in [-0.39, 0.29) is 23.9 Å². The number of aromatic hydroxyl groups is 1. The molecule has 0 aliphatic carbocycles. The smallest absolute Gasteiger partial charge is 0.277 e. The number of benzene rings is 2. The number of ether oxygens (including phenoxy) is 3. The summed E-state index contributed by atoms with van der Waals surface area (Å²) in [5.41, 5.74) is 5.00. The lowest BCUT2D eigenvalue weighted by Crippen LogP contribution is -2.24. The number of hydrazone groups is 1. The molecule has 0 aromatic heterocycles. The Morgan fingerprint density at radius 3 is 2.37 bits per heavy atom. The first kappa shape index (κ1) is 20.6. The molecule has 7 nitrogen and oxygen atoms in total. The van der Waals surface area contributed by atoms with Gasteiger partial charge in [0, 0.05) is 5.56 Å². The third-order valence-electron chi connectivity index (χ3n) is 3.63. The highest BCUT2D eigenvalue weighted by molar-refractivity contribution is 9.10. The topological polar surface area (TPSA) is 89.4 Å². The zero-order valence-corrected chi connectivity index (χ0v) is 17.1. The maximum absolute atomic E-state index is 11.9. The fraction of sp³-hybridized carbons (Fsp3) is 0.263. The van der Waals surface area contributed by atoms with Gasteiger partial charge in [-0.05, 0) is 59.1 Å². The van der Waals surface area contributed by atoms with Crippen LogP contribution in [0.4, 0.5) is 0 Å². The number of carbonyl (C=O) groups excluding carboxylic acids is 1. The minimum absolute atomic E-state index is 0.103. The predicted octanol–water partition coefficient (Wildman–Crippen LogP) is 3.32. The van der Waals surface area contributed by atoms with Crippen LogP contribution in [0, 0.1) is 13.8 Å². The van der Waals surface area contributed by atoms with E-state index in [2.05, 4.69) is 26.5 Å². The quantitative estimate of drug-likeness (QED) is 0.513. The molecule has 0 bridgehead atoms. The Morgan fingerprint density at radius 1 is 1.19 bits per heavy atom. The van der Waals surface area contributed by atoms with Crippen molar-refractivity contribution in [3.05, 3.63) is 45.4 Å². The van der Waals surface area contributed by atoms with Gasteiger partial charge in [-0.1, -0.05) is 6.07 Å². The number of phenols is 1. The number of aryl methyl sites for hydroxylation is 2. The van der Waals surface area contributed by atoms with E-state index in [4.69, 9.17) is 14.2 Å². The second-order valence-corrected chi connectivity index (χ2v) is 6.60. The zero-order valence-electron chi connectivity index (χ0n) is 15.5. The number of carbonyl (C=O) groups is 1. The summed E-state index contributed by atoms with van der Waals surface area (Å²) in [7, 11) is 2.86. The third kappa shape index (κ3) is 5.37. The SMILES string of the molecule is COc1cc(/C=N/NC(=O)COc2c(C)cc(C)cc2Br)cc(OC)c1O. The van der Waals surface area contributed by atoms with Crippen LogP contribution in [0.5, 0.6) is 23.0 Å². The molecular formula is C19H21BrN2O5. The van der Waals surface area contributed by atoms with E-state index in [1.165, 1.54) is 20.4 Å². The van der Waals surface area contributed by atoms with Gasteiger partial charge in [0.1, 0.15) is 5.75 Å². The molecule has 0 fully saturated rings. The molecule has 2 rings (SSSR count). The van der Waals surface area contributed by atoms with Gasteiger partial charge >= 0.3 is 0 Å². The molecule has 2 aromatic carbocycles. The lowest BCUT2D eigenvalue weighted by atomic mass is 10.1. The molecule has 0 heterocycles. The van der Waals surface area contributed by atoms with Crippen molar-refractivity contribution in [1.29, 1.82) is 0 Å². The number of halogens is 1. The van der Waals surface area contributed by atoms with Crippen LogP contribution >= 0.6 is 15.9 Å². The summed E-state index contributed by atoms with van der Waals surface area (Å²) in [6.45, 7) is 3.72. The number of nitrogens with one attached hydrogen (secondary N) is 1. The van der Waals surface area contributed by atoms with Gasteiger partial charge in [0.2, 0.25) is 5.75 Å². The molecule has 2 N–H and O–H groups in total. The Bertz CT molecular complexity index is 819. The summed E-state index contributed by atoms with van der Waals surface area (Å²) in [5, 5.41) is 13.8. The number of rotatable bonds is 7. The summed E-state index contributed by atoms with van der Waals surface area (Å²) < 4.78 is 16.5. The maximum Gasteiger partial charge on any atom is 0.277 e. The van der Waals surface area contributed by atoms with Crippen molar-refractivity contribution in [2.24, 2.45) is 5.10 Å². The minimum atomic E-state index is -0.407. The Labute approximate surface area is 166 Å². The van der Waals surface area contributed by atoms with Crippen molar-refractivity contribution in [3.8, 4) is 23.0 Å². The summed E-state index contributed by atoms with van der Waals surface area (Å²) >= 11 is 3.43. The van der Waals surface area contributed by atoms with Crippen molar-refractivity contribution >= 4 is 28.1 Å². The molecule has 0 aliphatic rings. The van der Waals surface area contributed by atoms with E-state index in [9.17, 15) is 9.90 Å². The standard InChI is InChI=1S/C19H21BrN2O5/c1-11-5-12(2)19(14(20)6-11)27-10-17(23)22-21-9-13-7-15(25-3)18(24)16(8-13)26-4/h5-9,24H,10H2,1-4H3,(H,22,23)/b21-9+. The second-order valence-electron chi connectivity index (χ2n) is 5.75. The van der Waals surface area contributed by atoms with E-state index >= 15 is 0 Å². The molecule has 0 aliphatic heterocycles. The Kier molecular flexibility index (Phi) is 7.06. The van der Waals surface area contributed by atoms with Crippen molar-refractivity contribution in [1.82, 2.24) is 5.43 Å². The zero-order chi connectivity index (χ0) is 20.0. The van der Waals surface area contributed by atoms with E-state index in [0.717, 1.165) is 15.6 Å². The van der Waals surface area contributed by atoms with Crippen LogP contribution in [0.25, 0.3) is 0 Å². The van der Waals surface area contributed by atoms with Crippen LogP contribution in [0.2, 0.25) is 0 Å². The molecule has 0 radical (unpaired) electrons. The van der Waals surface area contributed by atoms with Gasteiger partial charge in [-0.3, -0.25) is 4.79 Å². The van der Waals surface area contributed by atoms with Gasteiger partial charge in [-0.25, -0.2) is 5.43 Å². The third-order valence-corrected chi connectivity index (χ3v) is 4.22. The highest BCUT2D eigenvalue weighted by atomic mass is 79.9. The molecule has 0 unspecified atom stereocenters. The molecule has 144 valence electrons. The number of hydrogen-bond acceptors (Lipinski definition) is 6. The fourth-order valence-electron chi connectivity index (χ4n) is 2.42. The molecule has 0 atom stereocenters. The summed E-state index contributed by atoms with van der Waals surface area (Å²) in [6.07, 6.45) is 1.41. The lowest BCUT2D eigenvalue weighted by Gasteiger charge is -2.11. The average Bonchev–Trinajstić information content (AvgIpc) is 2.61. The maximum atomic E-state index is 11.9. The average molecular weight is 437 g/mol. The van der Waals surface area contributed by atoms with Gasteiger partial charge in [0.05, 0.1) is 24.9 Å². The first-order valence-electron chi connectivity index (χ1n) is 8.02. The van der Waals surface area contributed by atoms with Gasteiger partial charge in [0.15, 0.2) is 18.1 Å². The molecule has 8 heteroatoms. The Balaban J connectivity index is 1.98. The van der Waals surface area contributed by atoms with Gasteiger partial charge in [-0.15, -0.1) is 0 Å². The monoisotopic (exact) mass is 436 g/mol. The van der Waals surface area contributed by atoms with Gasteiger partial charge in [0.25, 0.3) is 5.91 Å². The van der Waals surface area contributed by atoms with Crippen molar-refractivity contribution in [3.63, 3.8) is 0 Å². The Hall–Kier alpha value is -2.74. The molecule has 27 heavy (non-hydrogen) atoms. The molecule has 0 saturated heterocycles. The summed E-state index contributed by atoms with van der Waals surface area (Å²) in [6, 6.07) is 7.03. The number of hydrogen-bond donors (Lipinski definition) is 2. The fourth-order valence-corrected chi connectivity index (χ4v) is 3.21. The summed E-state index contributed by atoms with van der Waals surface area (Å²) in [4.78, 5) is 11.9.